The zero-order chi connectivity index (χ0) is 13.9. The van der Waals surface area contributed by atoms with Crippen molar-refractivity contribution in [3.63, 3.8) is 0 Å². The molecule has 0 aliphatic heterocycles. The van der Waals surface area contributed by atoms with Gasteiger partial charge in [-0.15, -0.1) is 0 Å². The first-order valence-corrected chi connectivity index (χ1v) is 7.00. The van der Waals surface area contributed by atoms with Crippen LogP contribution in [0.2, 0.25) is 0 Å². The van der Waals surface area contributed by atoms with Crippen LogP contribution in [-0.2, 0) is 14.6 Å². The van der Waals surface area contributed by atoms with E-state index in [0.717, 1.165) is 12.1 Å². The highest BCUT2D eigenvalue weighted by molar-refractivity contribution is 7.91. The topological polar surface area (TPSA) is 51.2 Å². The molecule has 0 saturated heterocycles. The molecule has 0 saturated carbocycles. The maximum Gasteiger partial charge on any atom is 0.341 e. The number of carbonyl (C=O) groups excluding carboxylic acids is 1. The number of hydrogen-bond donors (Lipinski definition) is 0. The van der Waals surface area contributed by atoms with E-state index in [1.54, 1.807) is 13.8 Å². The summed E-state index contributed by atoms with van der Waals surface area (Å²) in [5.41, 5.74) is 0.620. The molecule has 6 heteroatoms. The molecular formula is C12H14F2O3S. The van der Waals surface area contributed by atoms with E-state index in [0.29, 0.717) is 12.0 Å². The molecule has 18 heavy (non-hydrogen) atoms. The van der Waals surface area contributed by atoms with E-state index in [1.165, 1.54) is 12.1 Å². The van der Waals surface area contributed by atoms with E-state index in [2.05, 4.69) is 0 Å². The molecule has 1 aromatic rings. The van der Waals surface area contributed by atoms with Gasteiger partial charge in [0.1, 0.15) is 5.78 Å². The van der Waals surface area contributed by atoms with Gasteiger partial charge in [0.15, 0.2) is 0 Å². The molecular weight excluding hydrogens is 262 g/mol. The van der Waals surface area contributed by atoms with Crippen molar-refractivity contribution in [3.05, 3.63) is 29.8 Å². The Kier molecular flexibility index (Phi) is 4.56. The largest absolute Gasteiger partial charge is 0.341 e. The molecule has 0 fully saturated rings. The average molecular weight is 276 g/mol. The maximum absolute atomic E-state index is 12.3. The van der Waals surface area contributed by atoms with E-state index < -0.39 is 20.5 Å². The quantitative estimate of drug-likeness (QED) is 0.831. The Balaban J connectivity index is 3.04. The second-order valence-electron chi connectivity index (χ2n) is 3.92. The summed E-state index contributed by atoms with van der Waals surface area (Å²) in [6.07, 6.45) is 0.373. The Labute approximate surface area is 105 Å². The Bertz CT molecular complexity index is 521. The van der Waals surface area contributed by atoms with Crippen LogP contribution in [-0.4, -0.2) is 20.0 Å². The van der Waals surface area contributed by atoms with Crippen LogP contribution in [0.15, 0.2) is 29.2 Å². The molecule has 1 atom stereocenters. The lowest BCUT2D eigenvalue weighted by Crippen LogP contribution is -2.12. The van der Waals surface area contributed by atoms with Crippen LogP contribution in [0.1, 0.15) is 31.7 Å². The fourth-order valence-electron chi connectivity index (χ4n) is 1.54. The van der Waals surface area contributed by atoms with E-state index >= 15 is 0 Å². The van der Waals surface area contributed by atoms with Crippen molar-refractivity contribution in [1.82, 2.24) is 0 Å². The van der Waals surface area contributed by atoms with Gasteiger partial charge in [0, 0.05) is 12.3 Å². The van der Waals surface area contributed by atoms with E-state index in [-0.39, 0.29) is 11.7 Å². The summed E-state index contributed by atoms with van der Waals surface area (Å²) in [5.74, 6) is -3.78. The summed E-state index contributed by atoms with van der Waals surface area (Å²) < 4.78 is 47.0. The van der Waals surface area contributed by atoms with Crippen molar-refractivity contribution in [2.75, 3.05) is 0 Å². The number of Topliss-reactive ketones (excluding diaryl/α,β-unsaturated/α-hetero) is 1. The second-order valence-corrected chi connectivity index (χ2v) is 5.83. The van der Waals surface area contributed by atoms with Gasteiger partial charge in [-0.2, -0.15) is 8.78 Å². The summed E-state index contributed by atoms with van der Waals surface area (Å²) in [4.78, 5) is 11.0. The minimum Gasteiger partial charge on any atom is -0.299 e. The zero-order valence-electron chi connectivity index (χ0n) is 10.1. The van der Waals surface area contributed by atoms with Gasteiger partial charge in [0.05, 0.1) is 4.90 Å². The van der Waals surface area contributed by atoms with Gasteiger partial charge < -0.3 is 0 Å². The van der Waals surface area contributed by atoms with Crippen LogP contribution < -0.4 is 0 Å². The van der Waals surface area contributed by atoms with Gasteiger partial charge in [-0.05, 0) is 17.7 Å². The Morgan fingerprint density at radius 1 is 1.22 bits per heavy atom. The molecule has 3 nitrogen and oxygen atoms in total. The molecule has 0 aliphatic carbocycles. The highest BCUT2D eigenvalue weighted by atomic mass is 32.2. The predicted molar refractivity (Wildman–Crippen MR) is 63.3 cm³/mol. The monoisotopic (exact) mass is 276 g/mol. The minimum absolute atomic E-state index is 0.0134. The number of benzene rings is 1. The summed E-state index contributed by atoms with van der Waals surface area (Å²) in [7, 11) is -4.56. The summed E-state index contributed by atoms with van der Waals surface area (Å²) in [6.45, 7) is 3.43. The van der Waals surface area contributed by atoms with Crippen LogP contribution in [0, 0.1) is 0 Å². The Morgan fingerprint density at radius 2 is 1.72 bits per heavy atom. The van der Waals surface area contributed by atoms with Crippen LogP contribution in [0.25, 0.3) is 0 Å². The van der Waals surface area contributed by atoms with Gasteiger partial charge in [0.25, 0.3) is 0 Å². The van der Waals surface area contributed by atoms with Crippen molar-refractivity contribution in [3.8, 4) is 0 Å². The lowest BCUT2D eigenvalue weighted by molar-refractivity contribution is -0.119. The van der Waals surface area contributed by atoms with E-state index in [4.69, 9.17) is 0 Å². The minimum atomic E-state index is -4.56. The Hall–Kier alpha value is -1.30. The summed E-state index contributed by atoms with van der Waals surface area (Å²) >= 11 is 0. The first-order chi connectivity index (χ1) is 8.30. The molecule has 0 aliphatic rings. The third-order valence-electron chi connectivity index (χ3n) is 2.77. The lowest BCUT2D eigenvalue weighted by atomic mass is 9.95. The highest BCUT2D eigenvalue weighted by Crippen LogP contribution is 2.22. The van der Waals surface area contributed by atoms with Crippen LogP contribution in [0.5, 0.6) is 0 Å². The fraction of sp³-hybridized carbons (Fsp3) is 0.417. The van der Waals surface area contributed by atoms with Crippen molar-refractivity contribution in [2.45, 2.75) is 36.8 Å². The van der Waals surface area contributed by atoms with Gasteiger partial charge in [-0.3, -0.25) is 4.79 Å². The van der Waals surface area contributed by atoms with Crippen molar-refractivity contribution >= 4 is 15.6 Å². The normalized spacial score (nSPS) is 13.6. The molecule has 0 radical (unpaired) electrons. The molecule has 100 valence electrons. The summed E-state index contributed by atoms with van der Waals surface area (Å²) in [5, 5.41) is 0. The standard InChI is InChI=1S/C12H14F2O3S/c1-3-11(15)8(2)9-4-6-10(7-5-9)18(16,17)12(13)14/h4-8,12H,3H2,1-2H3. The van der Waals surface area contributed by atoms with Crippen molar-refractivity contribution < 1.29 is 22.0 Å². The van der Waals surface area contributed by atoms with Gasteiger partial charge in [-0.25, -0.2) is 8.42 Å². The third kappa shape index (κ3) is 2.93. The number of rotatable bonds is 5. The number of alkyl halides is 2. The number of carbonyl (C=O) groups is 1. The molecule has 0 heterocycles. The third-order valence-corrected chi connectivity index (χ3v) is 4.17. The number of sulfone groups is 1. The molecule has 1 aromatic carbocycles. The predicted octanol–water partition coefficient (Wildman–Crippen LogP) is 2.77. The van der Waals surface area contributed by atoms with Gasteiger partial charge in [0.2, 0.25) is 9.84 Å². The molecule has 1 unspecified atom stereocenters. The fourth-order valence-corrected chi connectivity index (χ4v) is 2.26. The van der Waals surface area contributed by atoms with Crippen LogP contribution >= 0.6 is 0 Å². The van der Waals surface area contributed by atoms with Gasteiger partial charge in [-0.1, -0.05) is 26.0 Å². The van der Waals surface area contributed by atoms with E-state index in [9.17, 15) is 22.0 Å². The number of halogens is 2. The molecule has 0 N–H and O–H groups in total. The molecule has 1 rings (SSSR count). The average Bonchev–Trinajstić information content (AvgIpc) is 2.36. The molecule has 0 spiro atoms. The first kappa shape index (κ1) is 14.8. The molecule has 0 aromatic heterocycles. The number of hydrogen-bond acceptors (Lipinski definition) is 3. The lowest BCUT2D eigenvalue weighted by Gasteiger charge is -2.10. The SMILES string of the molecule is CCC(=O)C(C)c1ccc(S(=O)(=O)C(F)F)cc1. The van der Waals surface area contributed by atoms with Crippen molar-refractivity contribution in [1.29, 1.82) is 0 Å². The zero-order valence-corrected chi connectivity index (χ0v) is 10.9. The van der Waals surface area contributed by atoms with E-state index in [1.807, 2.05) is 0 Å². The molecule has 0 bridgehead atoms. The first-order valence-electron chi connectivity index (χ1n) is 5.45. The highest BCUT2D eigenvalue weighted by Gasteiger charge is 2.26. The van der Waals surface area contributed by atoms with Crippen molar-refractivity contribution in [2.24, 2.45) is 0 Å². The van der Waals surface area contributed by atoms with Crippen LogP contribution in [0.3, 0.4) is 0 Å². The second kappa shape index (κ2) is 5.56. The summed E-state index contributed by atoms with van der Waals surface area (Å²) in [6, 6.07) is 5.01. The maximum atomic E-state index is 12.3. The van der Waals surface area contributed by atoms with Gasteiger partial charge >= 0.3 is 5.76 Å². The molecule has 0 amide bonds. The smallest absolute Gasteiger partial charge is 0.299 e. The Morgan fingerprint density at radius 3 is 2.11 bits per heavy atom. The van der Waals surface area contributed by atoms with Crippen LogP contribution in [0.4, 0.5) is 8.78 Å². The number of ketones is 1.